The van der Waals surface area contributed by atoms with E-state index in [1.54, 1.807) is 6.92 Å². The molecule has 1 aromatic rings. The van der Waals surface area contributed by atoms with Gasteiger partial charge in [-0.3, -0.25) is 4.79 Å². The molecule has 0 bridgehead atoms. The van der Waals surface area contributed by atoms with Crippen LogP contribution in [0, 0.1) is 17.0 Å². The Labute approximate surface area is 117 Å². The second kappa shape index (κ2) is 5.87. The van der Waals surface area contributed by atoms with E-state index in [0.717, 1.165) is 19.3 Å². The highest BCUT2D eigenvalue weighted by Gasteiger charge is 2.43. The van der Waals surface area contributed by atoms with Crippen molar-refractivity contribution in [2.75, 3.05) is 6.54 Å². The third-order valence-corrected chi connectivity index (χ3v) is 4.13. The average molecular weight is 282 g/mol. The molecule has 1 unspecified atom stereocenters. The summed E-state index contributed by atoms with van der Waals surface area (Å²) in [6, 6.07) is 3.44. The lowest BCUT2D eigenvalue weighted by molar-refractivity contribution is -0.135. The number of nitrogens with one attached hydrogen (secondary N) is 1. The van der Waals surface area contributed by atoms with Crippen LogP contribution in [-0.2, 0) is 11.2 Å². The van der Waals surface area contributed by atoms with Crippen molar-refractivity contribution in [1.29, 1.82) is 0 Å². The number of hydrogen-bond donors (Lipinski definition) is 2. The van der Waals surface area contributed by atoms with Crippen molar-refractivity contribution < 1.29 is 13.6 Å². The van der Waals surface area contributed by atoms with Gasteiger partial charge in [0.1, 0.15) is 11.6 Å². The molecule has 0 aliphatic heterocycles. The topological polar surface area (TPSA) is 55.1 Å². The summed E-state index contributed by atoms with van der Waals surface area (Å²) in [6.45, 7) is 2.06. The Morgan fingerprint density at radius 2 is 2.00 bits per heavy atom. The smallest absolute Gasteiger partial charge is 0.227 e. The zero-order valence-corrected chi connectivity index (χ0v) is 11.6. The number of benzene rings is 1. The normalized spacial score (nSPS) is 18.2. The van der Waals surface area contributed by atoms with Crippen molar-refractivity contribution in [1.82, 2.24) is 5.32 Å². The lowest BCUT2D eigenvalue weighted by atomic mass is 9.68. The molecule has 1 atom stereocenters. The number of amides is 1. The molecule has 0 aromatic heterocycles. The molecule has 5 heteroatoms. The minimum atomic E-state index is -0.580. The van der Waals surface area contributed by atoms with E-state index in [9.17, 15) is 13.6 Å². The van der Waals surface area contributed by atoms with Crippen LogP contribution in [0.4, 0.5) is 8.78 Å². The van der Waals surface area contributed by atoms with E-state index in [4.69, 9.17) is 5.73 Å². The maximum Gasteiger partial charge on any atom is 0.227 e. The summed E-state index contributed by atoms with van der Waals surface area (Å²) in [5, 5.41) is 2.82. The Morgan fingerprint density at radius 1 is 1.40 bits per heavy atom. The summed E-state index contributed by atoms with van der Waals surface area (Å²) in [7, 11) is 0. The van der Waals surface area contributed by atoms with Gasteiger partial charge < -0.3 is 11.1 Å². The van der Waals surface area contributed by atoms with Crippen molar-refractivity contribution >= 4 is 5.91 Å². The lowest BCUT2D eigenvalue weighted by Crippen LogP contribution is -2.52. The van der Waals surface area contributed by atoms with Gasteiger partial charge in [0, 0.05) is 18.2 Å². The van der Waals surface area contributed by atoms with E-state index < -0.39 is 17.0 Å². The maximum absolute atomic E-state index is 13.6. The number of carbonyl (C=O) groups excluding carboxylic acids is 1. The van der Waals surface area contributed by atoms with E-state index in [-0.39, 0.29) is 23.9 Å². The molecule has 0 heterocycles. The Hall–Kier alpha value is -1.49. The first kappa shape index (κ1) is 14.9. The predicted octanol–water partition coefficient (Wildman–Crippen LogP) is 2.14. The second-order valence-electron chi connectivity index (χ2n) is 5.62. The van der Waals surface area contributed by atoms with Crippen LogP contribution in [0.2, 0.25) is 0 Å². The summed E-state index contributed by atoms with van der Waals surface area (Å²) >= 11 is 0. The van der Waals surface area contributed by atoms with Gasteiger partial charge in [0.15, 0.2) is 0 Å². The fraction of sp³-hybridized carbons (Fsp3) is 0.533. The predicted molar refractivity (Wildman–Crippen MR) is 73.0 cm³/mol. The minimum absolute atomic E-state index is 0.00991. The Kier molecular flexibility index (Phi) is 4.38. The quantitative estimate of drug-likeness (QED) is 0.869. The standard InChI is InChI=1S/C15H20F2N2O/c1-10(8-11-12(16)4-2-5-13(11)17)19-14(20)15(9-18)6-3-7-15/h2,4-5,10H,3,6-9,18H2,1H3,(H,19,20). The van der Waals surface area contributed by atoms with E-state index in [1.807, 2.05) is 0 Å². The summed E-state index contributed by atoms with van der Waals surface area (Å²) in [4.78, 5) is 12.2. The molecule has 1 aliphatic carbocycles. The molecule has 0 saturated heterocycles. The van der Waals surface area contributed by atoms with Gasteiger partial charge in [0.05, 0.1) is 5.41 Å². The Morgan fingerprint density at radius 3 is 2.45 bits per heavy atom. The summed E-state index contributed by atoms with van der Waals surface area (Å²) in [6.07, 6.45) is 2.71. The first-order valence-electron chi connectivity index (χ1n) is 6.92. The second-order valence-corrected chi connectivity index (χ2v) is 5.62. The first-order chi connectivity index (χ1) is 9.48. The Bertz CT molecular complexity index is 475. The van der Waals surface area contributed by atoms with Gasteiger partial charge in [0.2, 0.25) is 5.91 Å². The van der Waals surface area contributed by atoms with Gasteiger partial charge in [-0.15, -0.1) is 0 Å². The largest absolute Gasteiger partial charge is 0.353 e. The molecular weight excluding hydrogens is 262 g/mol. The van der Waals surface area contributed by atoms with Gasteiger partial charge >= 0.3 is 0 Å². The number of nitrogens with two attached hydrogens (primary N) is 1. The van der Waals surface area contributed by atoms with Crippen LogP contribution < -0.4 is 11.1 Å². The summed E-state index contributed by atoms with van der Waals surface area (Å²) < 4.78 is 27.1. The molecule has 1 fully saturated rings. The highest BCUT2D eigenvalue weighted by Crippen LogP contribution is 2.40. The monoisotopic (exact) mass is 282 g/mol. The molecule has 3 N–H and O–H groups in total. The van der Waals surface area contributed by atoms with Crippen LogP contribution >= 0.6 is 0 Å². The maximum atomic E-state index is 13.6. The van der Waals surface area contributed by atoms with Crippen LogP contribution in [0.5, 0.6) is 0 Å². The molecule has 110 valence electrons. The zero-order chi connectivity index (χ0) is 14.8. The van der Waals surface area contributed by atoms with Crippen molar-refractivity contribution in [3.63, 3.8) is 0 Å². The van der Waals surface area contributed by atoms with Crippen LogP contribution in [0.25, 0.3) is 0 Å². The molecule has 3 nitrogen and oxygen atoms in total. The van der Waals surface area contributed by atoms with Crippen LogP contribution in [0.1, 0.15) is 31.7 Å². The summed E-state index contributed by atoms with van der Waals surface area (Å²) in [5.41, 5.74) is 5.21. The Balaban J connectivity index is 1.99. The van der Waals surface area contributed by atoms with Gasteiger partial charge in [0.25, 0.3) is 0 Å². The van der Waals surface area contributed by atoms with Crippen molar-refractivity contribution in [2.24, 2.45) is 11.1 Å². The van der Waals surface area contributed by atoms with E-state index >= 15 is 0 Å². The highest BCUT2D eigenvalue weighted by molar-refractivity contribution is 5.84. The van der Waals surface area contributed by atoms with Gasteiger partial charge in [-0.1, -0.05) is 12.5 Å². The van der Waals surface area contributed by atoms with E-state index in [2.05, 4.69) is 5.32 Å². The molecule has 1 aliphatic rings. The van der Waals surface area contributed by atoms with E-state index in [0.29, 0.717) is 6.54 Å². The molecule has 1 aromatic carbocycles. The number of rotatable bonds is 5. The highest BCUT2D eigenvalue weighted by atomic mass is 19.1. The fourth-order valence-corrected chi connectivity index (χ4v) is 2.59. The first-order valence-corrected chi connectivity index (χ1v) is 6.92. The minimum Gasteiger partial charge on any atom is -0.353 e. The van der Waals surface area contributed by atoms with Crippen LogP contribution in [0.15, 0.2) is 18.2 Å². The summed E-state index contributed by atoms with van der Waals surface area (Å²) in [5.74, 6) is -1.26. The molecular formula is C15H20F2N2O. The van der Waals surface area contributed by atoms with Crippen molar-refractivity contribution in [3.05, 3.63) is 35.4 Å². The molecule has 2 rings (SSSR count). The SMILES string of the molecule is CC(Cc1c(F)cccc1F)NC(=O)C1(CN)CCC1. The number of carbonyl (C=O) groups is 1. The molecule has 20 heavy (non-hydrogen) atoms. The number of halogens is 2. The third-order valence-electron chi connectivity index (χ3n) is 4.13. The number of hydrogen-bond acceptors (Lipinski definition) is 2. The van der Waals surface area contributed by atoms with Crippen LogP contribution in [-0.4, -0.2) is 18.5 Å². The van der Waals surface area contributed by atoms with Gasteiger partial charge in [-0.2, -0.15) is 0 Å². The average Bonchev–Trinajstić information content (AvgIpc) is 2.33. The third kappa shape index (κ3) is 2.82. The lowest BCUT2D eigenvalue weighted by Gasteiger charge is -2.39. The molecule has 1 amide bonds. The van der Waals surface area contributed by atoms with E-state index in [1.165, 1.54) is 18.2 Å². The van der Waals surface area contributed by atoms with Gasteiger partial charge in [-0.25, -0.2) is 8.78 Å². The molecule has 0 spiro atoms. The van der Waals surface area contributed by atoms with Crippen molar-refractivity contribution in [2.45, 2.75) is 38.6 Å². The molecule has 0 radical (unpaired) electrons. The van der Waals surface area contributed by atoms with Crippen molar-refractivity contribution in [3.8, 4) is 0 Å². The fourth-order valence-electron chi connectivity index (χ4n) is 2.59. The van der Waals surface area contributed by atoms with Gasteiger partial charge in [-0.05, 0) is 38.3 Å². The molecule has 1 saturated carbocycles. The van der Waals surface area contributed by atoms with Crippen LogP contribution in [0.3, 0.4) is 0 Å². The zero-order valence-electron chi connectivity index (χ0n) is 11.6.